The lowest BCUT2D eigenvalue weighted by molar-refractivity contribution is 0.305. The molecule has 2 aromatic carbocycles. The van der Waals surface area contributed by atoms with E-state index in [2.05, 4.69) is 22.6 Å². The molecule has 2 nitrogen and oxygen atoms in total. The van der Waals surface area contributed by atoms with Gasteiger partial charge in [-0.05, 0) is 77.0 Å². The fourth-order valence-corrected chi connectivity index (χ4v) is 2.34. The standard InChI is InChI=1S/C15H15FINO/c16-13-3-1-11(2-4-13)10-19-14-5-6-15(17)12(9-14)7-8-18/h1-6,9H,7-8,10,18H2. The third kappa shape index (κ3) is 4.18. The third-order valence-electron chi connectivity index (χ3n) is 2.75. The number of benzene rings is 2. The van der Waals surface area contributed by atoms with Gasteiger partial charge in [0.05, 0.1) is 0 Å². The number of hydrogen-bond donors (Lipinski definition) is 1. The Kier molecular flexibility index (Phi) is 5.15. The molecule has 19 heavy (non-hydrogen) atoms. The van der Waals surface area contributed by atoms with E-state index in [-0.39, 0.29) is 5.82 Å². The average molecular weight is 371 g/mol. The second kappa shape index (κ2) is 6.86. The molecule has 0 aliphatic rings. The van der Waals surface area contributed by atoms with Crippen molar-refractivity contribution >= 4 is 22.6 Å². The Labute approximate surface area is 125 Å². The van der Waals surface area contributed by atoms with E-state index in [1.807, 2.05) is 18.2 Å². The summed E-state index contributed by atoms with van der Waals surface area (Å²) < 4.78 is 19.7. The summed E-state index contributed by atoms with van der Waals surface area (Å²) in [5, 5.41) is 0. The van der Waals surface area contributed by atoms with Gasteiger partial charge in [0.15, 0.2) is 0 Å². The number of halogens is 2. The third-order valence-corrected chi connectivity index (χ3v) is 3.80. The SMILES string of the molecule is NCCc1cc(OCc2ccc(F)cc2)ccc1I. The molecule has 0 saturated carbocycles. The normalized spacial score (nSPS) is 10.5. The molecule has 0 bridgehead atoms. The monoisotopic (exact) mass is 371 g/mol. The summed E-state index contributed by atoms with van der Waals surface area (Å²) in [6.07, 6.45) is 0.839. The molecular formula is C15H15FINO. The molecule has 0 radical (unpaired) electrons. The molecule has 0 unspecified atom stereocenters. The Morgan fingerprint density at radius 1 is 1.11 bits per heavy atom. The number of rotatable bonds is 5. The summed E-state index contributed by atoms with van der Waals surface area (Å²) >= 11 is 2.29. The molecule has 4 heteroatoms. The molecule has 0 saturated heterocycles. The van der Waals surface area contributed by atoms with E-state index in [0.717, 1.165) is 17.7 Å². The van der Waals surface area contributed by atoms with Crippen LogP contribution in [-0.4, -0.2) is 6.54 Å². The van der Waals surface area contributed by atoms with E-state index in [0.29, 0.717) is 13.2 Å². The van der Waals surface area contributed by atoms with E-state index in [1.165, 1.54) is 21.3 Å². The number of hydrogen-bond acceptors (Lipinski definition) is 2. The van der Waals surface area contributed by atoms with Crippen molar-refractivity contribution in [3.05, 3.63) is 63.0 Å². The first-order valence-electron chi connectivity index (χ1n) is 6.05. The van der Waals surface area contributed by atoms with E-state index < -0.39 is 0 Å². The van der Waals surface area contributed by atoms with Gasteiger partial charge in [0.25, 0.3) is 0 Å². The van der Waals surface area contributed by atoms with Crippen LogP contribution in [0.15, 0.2) is 42.5 Å². The molecule has 2 rings (SSSR count). The molecule has 0 aromatic heterocycles. The minimum absolute atomic E-state index is 0.233. The molecule has 0 aliphatic heterocycles. The average Bonchev–Trinajstić information content (AvgIpc) is 2.42. The van der Waals surface area contributed by atoms with Crippen LogP contribution in [0.3, 0.4) is 0 Å². The molecule has 2 aromatic rings. The zero-order valence-electron chi connectivity index (χ0n) is 10.4. The van der Waals surface area contributed by atoms with Crippen molar-refractivity contribution in [3.8, 4) is 5.75 Å². The van der Waals surface area contributed by atoms with Crippen molar-refractivity contribution in [1.82, 2.24) is 0 Å². The Bertz CT molecular complexity index is 542. The summed E-state index contributed by atoms with van der Waals surface area (Å²) in [5.74, 6) is 0.580. The van der Waals surface area contributed by atoms with E-state index >= 15 is 0 Å². The summed E-state index contributed by atoms with van der Waals surface area (Å²) in [6.45, 7) is 1.06. The van der Waals surface area contributed by atoms with Gasteiger partial charge < -0.3 is 10.5 Å². The molecular weight excluding hydrogens is 356 g/mol. The number of ether oxygens (including phenoxy) is 1. The molecule has 0 heterocycles. The Morgan fingerprint density at radius 2 is 1.84 bits per heavy atom. The Morgan fingerprint density at radius 3 is 2.53 bits per heavy atom. The molecule has 2 N–H and O–H groups in total. The van der Waals surface area contributed by atoms with E-state index in [1.54, 1.807) is 12.1 Å². The fourth-order valence-electron chi connectivity index (χ4n) is 1.74. The van der Waals surface area contributed by atoms with Crippen LogP contribution in [0.4, 0.5) is 4.39 Å². The summed E-state index contributed by atoms with van der Waals surface area (Å²) in [6, 6.07) is 12.3. The summed E-state index contributed by atoms with van der Waals surface area (Å²) in [7, 11) is 0. The highest BCUT2D eigenvalue weighted by Crippen LogP contribution is 2.21. The van der Waals surface area contributed by atoms with E-state index in [9.17, 15) is 4.39 Å². The quantitative estimate of drug-likeness (QED) is 0.817. The van der Waals surface area contributed by atoms with Gasteiger partial charge in [-0.15, -0.1) is 0 Å². The van der Waals surface area contributed by atoms with Gasteiger partial charge in [-0.1, -0.05) is 12.1 Å². The maximum absolute atomic E-state index is 12.8. The predicted molar refractivity (Wildman–Crippen MR) is 82.6 cm³/mol. The van der Waals surface area contributed by atoms with Crippen LogP contribution in [-0.2, 0) is 13.0 Å². The van der Waals surface area contributed by atoms with Crippen LogP contribution in [0.2, 0.25) is 0 Å². The van der Waals surface area contributed by atoms with Gasteiger partial charge in [0, 0.05) is 3.57 Å². The summed E-state index contributed by atoms with van der Waals surface area (Å²) in [5.41, 5.74) is 7.72. The van der Waals surface area contributed by atoms with Gasteiger partial charge in [-0.25, -0.2) is 4.39 Å². The minimum atomic E-state index is -0.233. The first-order valence-corrected chi connectivity index (χ1v) is 7.12. The molecule has 100 valence electrons. The van der Waals surface area contributed by atoms with Crippen molar-refractivity contribution in [2.45, 2.75) is 13.0 Å². The van der Waals surface area contributed by atoms with Crippen LogP contribution >= 0.6 is 22.6 Å². The lowest BCUT2D eigenvalue weighted by Gasteiger charge is -2.09. The van der Waals surface area contributed by atoms with Crippen molar-refractivity contribution in [2.75, 3.05) is 6.54 Å². The van der Waals surface area contributed by atoms with Gasteiger partial charge in [-0.2, -0.15) is 0 Å². The highest BCUT2D eigenvalue weighted by Gasteiger charge is 2.02. The van der Waals surface area contributed by atoms with Crippen molar-refractivity contribution < 1.29 is 9.13 Å². The molecule has 0 aliphatic carbocycles. The highest BCUT2D eigenvalue weighted by atomic mass is 127. The zero-order valence-corrected chi connectivity index (χ0v) is 12.6. The largest absolute Gasteiger partial charge is 0.489 e. The Hall–Kier alpha value is -1.14. The van der Waals surface area contributed by atoms with Gasteiger partial charge in [-0.3, -0.25) is 0 Å². The van der Waals surface area contributed by atoms with E-state index in [4.69, 9.17) is 10.5 Å². The molecule has 0 amide bonds. The second-order valence-electron chi connectivity index (χ2n) is 4.21. The lowest BCUT2D eigenvalue weighted by atomic mass is 10.1. The van der Waals surface area contributed by atoms with Crippen molar-refractivity contribution in [2.24, 2.45) is 5.73 Å². The smallest absolute Gasteiger partial charge is 0.123 e. The first kappa shape index (κ1) is 14.3. The first-order chi connectivity index (χ1) is 9.19. The fraction of sp³-hybridized carbons (Fsp3) is 0.200. The second-order valence-corrected chi connectivity index (χ2v) is 5.37. The maximum atomic E-state index is 12.8. The van der Waals surface area contributed by atoms with Crippen LogP contribution in [0.25, 0.3) is 0 Å². The van der Waals surface area contributed by atoms with Crippen LogP contribution in [0.5, 0.6) is 5.75 Å². The molecule has 0 atom stereocenters. The highest BCUT2D eigenvalue weighted by molar-refractivity contribution is 14.1. The lowest BCUT2D eigenvalue weighted by Crippen LogP contribution is -2.04. The van der Waals surface area contributed by atoms with Crippen molar-refractivity contribution in [1.29, 1.82) is 0 Å². The maximum Gasteiger partial charge on any atom is 0.123 e. The minimum Gasteiger partial charge on any atom is -0.489 e. The van der Waals surface area contributed by atoms with Crippen molar-refractivity contribution in [3.63, 3.8) is 0 Å². The van der Waals surface area contributed by atoms with Crippen LogP contribution < -0.4 is 10.5 Å². The van der Waals surface area contributed by atoms with Gasteiger partial charge >= 0.3 is 0 Å². The summed E-state index contributed by atoms with van der Waals surface area (Å²) in [4.78, 5) is 0. The van der Waals surface area contributed by atoms with Crippen LogP contribution in [0.1, 0.15) is 11.1 Å². The van der Waals surface area contributed by atoms with Crippen LogP contribution in [0, 0.1) is 9.39 Å². The molecule has 0 fully saturated rings. The van der Waals surface area contributed by atoms with Gasteiger partial charge in [0.2, 0.25) is 0 Å². The molecule has 0 spiro atoms. The van der Waals surface area contributed by atoms with Gasteiger partial charge in [0.1, 0.15) is 18.2 Å². The Balaban J connectivity index is 2.03. The predicted octanol–water partition coefficient (Wildman–Crippen LogP) is 3.51. The number of nitrogens with two attached hydrogens (primary N) is 1. The topological polar surface area (TPSA) is 35.2 Å². The zero-order chi connectivity index (χ0) is 13.7.